The molecule has 0 bridgehead atoms. The van der Waals surface area contributed by atoms with E-state index in [1.165, 1.54) is 31.3 Å². The normalized spacial score (nSPS) is 11.8. The number of hydrogen-bond acceptors (Lipinski definition) is 4. The highest BCUT2D eigenvalue weighted by molar-refractivity contribution is 7.89. The van der Waals surface area contributed by atoms with Gasteiger partial charge in [0.25, 0.3) is 0 Å². The third kappa shape index (κ3) is 4.04. The average Bonchev–Trinajstić information content (AvgIpc) is 3.03. The highest BCUT2D eigenvalue weighted by Crippen LogP contribution is 2.17. The molecule has 7 nitrogen and oxygen atoms in total. The molecule has 0 aliphatic carbocycles. The number of likely N-dealkylation sites (N-methyl/N-ethyl adjacent to an activating group) is 1. The first-order valence-corrected chi connectivity index (χ1v) is 9.59. The van der Waals surface area contributed by atoms with E-state index in [2.05, 4.69) is 10.3 Å². The molecule has 1 amide bonds. The summed E-state index contributed by atoms with van der Waals surface area (Å²) in [5.74, 6) is -0.415. The maximum absolute atomic E-state index is 12.5. The van der Waals surface area contributed by atoms with Gasteiger partial charge in [-0.15, -0.1) is 0 Å². The van der Waals surface area contributed by atoms with E-state index in [9.17, 15) is 13.2 Å². The van der Waals surface area contributed by atoms with Gasteiger partial charge in [-0.2, -0.15) is 4.31 Å². The molecule has 0 aliphatic rings. The van der Waals surface area contributed by atoms with E-state index in [-0.39, 0.29) is 18.0 Å². The number of carbonyl (C=O) groups excluding carboxylic acids is 1. The van der Waals surface area contributed by atoms with Gasteiger partial charge < -0.3 is 9.72 Å². The zero-order valence-electron chi connectivity index (χ0n) is 14.0. The number of hydrogen-bond donors (Lipinski definition) is 1. The van der Waals surface area contributed by atoms with Crippen LogP contribution >= 0.6 is 11.6 Å². The molecule has 2 aromatic heterocycles. The number of pyridine rings is 1. The molecule has 0 fully saturated rings. The van der Waals surface area contributed by atoms with Crippen molar-refractivity contribution < 1.29 is 13.2 Å². The lowest BCUT2D eigenvalue weighted by Gasteiger charge is -2.16. The number of halogens is 1. The Morgan fingerprint density at radius 1 is 1.23 bits per heavy atom. The summed E-state index contributed by atoms with van der Waals surface area (Å²) in [6.45, 7) is -0.0757. The van der Waals surface area contributed by atoms with E-state index in [0.29, 0.717) is 10.7 Å². The van der Waals surface area contributed by atoms with Crippen molar-refractivity contribution in [2.24, 2.45) is 0 Å². The van der Waals surface area contributed by atoms with Gasteiger partial charge in [0.1, 0.15) is 5.65 Å². The van der Waals surface area contributed by atoms with Crippen molar-refractivity contribution in [1.29, 1.82) is 0 Å². The number of carbonyl (C=O) groups is 1. The van der Waals surface area contributed by atoms with Crippen LogP contribution in [-0.2, 0) is 21.4 Å². The highest BCUT2D eigenvalue weighted by atomic mass is 35.5. The lowest BCUT2D eigenvalue weighted by Crippen LogP contribution is -2.38. The molecule has 0 unspecified atom stereocenters. The number of nitrogens with one attached hydrogen (secondary N) is 1. The van der Waals surface area contributed by atoms with Crippen molar-refractivity contribution in [2.45, 2.75) is 11.4 Å². The smallest absolute Gasteiger partial charge is 0.243 e. The van der Waals surface area contributed by atoms with Gasteiger partial charge in [-0.25, -0.2) is 13.4 Å². The van der Waals surface area contributed by atoms with E-state index in [0.717, 1.165) is 9.95 Å². The topological polar surface area (TPSA) is 83.8 Å². The van der Waals surface area contributed by atoms with Crippen LogP contribution in [0.5, 0.6) is 0 Å². The van der Waals surface area contributed by atoms with Gasteiger partial charge in [0, 0.05) is 24.5 Å². The monoisotopic (exact) mass is 392 g/mol. The Morgan fingerprint density at radius 2 is 1.96 bits per heavy atom. The molecule has 1 aromatic carbocycles. The molecule has 9 heteroatoms. The summed E-state index contributed by atoms with van der Waals surface area (Å²) in [6.07, 6.45) is 3.67. The van der Waals surface area contributed by atoms with E-state index in [1.807, 2.05) is 35.0 Å². The SMILES string of the molecule is CN(CC(=O)NCc1cn2ccccc2n1)S(=O)(=O)c1ccc(Cl)cc1. The van der Waals surface area contributed by atoms with Crippen molar-refractivity contribution in [3.05, 3.63) is 65.6 Å². The molecule has 1 N–H and O–H groups in total. The molecule has 3 rings (SSSR count). The van der Waals surface area contributed by atoms with Gasteiger partial charge in [0.15, 0.2) is 0 Å². The Balaban J connectivity index is 1.60. The van der Waals surface area contributed by atoms with Crippen molar-refractivity contribution >= 4 is 33.2 Å². The third-order valence-electron chi connectivity index (χ3n) is 3.77. The minimum Gasteiger partial charge on any atom is -0.349 e. The summed E-state index contributed by atoms with van der Waals surface area (Å²) >= 11 is 5.77. The van der Waals surface area contributed by atoms with E-state index in [4.69, 9.17) is 11.6 Å². The second-order valence-corrected chi connectivity index (χ2v) is 8.17. The molecule has 136 valence electrons. The standard InChI is InChI=1S/C17H17ClN4O3S/c1-21(26(24,25)15-7-5-13(18)6-8-15)12-17(23)19-10-14-11-22-9-3-2-4-16(22)20-14/h2-9,11H,10,12H2,1H3,(H,19,23). The lowest BCUT2D eigenvalue weighted by molar-refractivity contribution is -0.121. The molecule has 0 atom stereocenters. The van der Waals surface area contributed by atoms with Gasteiger partial charge >= 0.3 is 0 Å². The van der Waals surface area contributed by atoms with Crippen molar-refractivity contribution in [1.82, 2.24) is 19.0 Å². The van der Waals surface area contributed by atoms with Gasteiger partial charge in [-0.05, 0) is 36.4 Å². The summed E-state index contributed by atoms with van der Waals surface area (Å²) in [6, 6.07) is 11.4. The van der Waals surface area contributed by atoms with Gasteiger partial charge in [0.05, 0.1) is 23.7 Å². The van der Waals surface area contributed by atoms with Crippen LogP contribution in [0, 0.1) is 0 Å². The van der Waals surface area contributed by atoms with Crippen molar-refractivity contribution in [3.63, 3.8) is 0 Å². The Kier molecular flexibility index (Phi) is 5.26. The van der Waals surface area contributed by atoms with Crippen molar-refractivity contribution in [2.75, 3.05) is 13.6 Å². The number of aromatic nitrogens is 2. The highest BCUT2D eigenvalue weighted by Gasteiger charge is 2.22. The third-order valence-corrected chi connectivity index (χ3v) is 5.84. The van der Waals surface area contributed by atoms with Crippen LogP contribution in [-0.4, -0.2) is 41.6 Å². The number of fused-ring (bicyclic) bond motifs is 1. The fourth-order valence-electron chi connectivity index (χ4n) is 2.39. The zero-order chi connectivity index (χ0) is 18.7. The number of benzene rings is 1. The van der Waals surface area contributed by atoms with Gasteiger partial charge in [0.2, 0.25) is 15.9 Å². The molecule has 0 aliphatic heterocycles. The maximum Gasteiger partial charge on any atom is 0.243 e. The Morgan fingerprint density at radius 3 is 2.65 bits per heavy atom. The number of imidazole rings is 1. The Hall–Kier alpha value is -2.42. The predicted molar refractivity (Wildman–Crippen MR) is 98.3 cm³/mol. The van der Waals surface area contributed by atoms with Crippen LogP contribution in [0.4, 0.5) is 0 Å². The number of rotatable bonds is 6. The fraction of sp³-hybridized carbons (Fsp3) is 0.176. The van der Waals surface area contributed by atoms with Gasteiger partial charge in [-0.1, -0.05) is 17.7 Å². The molecular weight excluding hydrogens is 376 g/mol. The average molecular weight is 393 g/mol. The molecule has 3 aromatic rings. The maximum atomic E-state index is 12.5. The minimum atomic E-state index is -3.76. The summed E-state index contributed by atoms with van der Waals surface area (Å²) in [5.41, 5.74) is 1.46. The first-order valence-electron chi connectivity index (χ1n) is 7.77. The van der Waals surface area contributed by atoms with E-state index in [1.54, 1.807) is 0 Å². The first-order chi connectivity index (χ1) is 12.4. The van der Waals surface area contributed by atoms with E-state index < -0.39 is 15.9 Å². The van der Waals surface area contributed by atoms with E-state index >= 15 is 0 Å². The second-order valence-electron chi connectivity index (χ2n) is 5.69. The molecule has 26 heavy (non-hydrogen) atoms. The molecule has 0 saturated carbocycles. The van der Waals surface area contributed by atoms with Crippen molar-refractivity contribution in [3.8, 4) is 0 Å². The number of sulfonamides is 1. The Bertz CT molecular complexity index is 999. The number of amides is 1. The van der Waals surface area contributed by atoms with Crippen LogP contribution in [0.15, 0.2) is 59.8 Å². The fourth-order valence-corrected chi connectivity index (χ4v) is 3.64. The Labute approximate surface area is 156 Å². The molecule has 0 radical (unpaired) electrons. The summed E-state index contributed by atoms with van der Waals surface area (Å²) in [4.78, 5) is 16.6. The lowest BCUT2D eigenvalue weighted by atomic mass is 10.4. The first kappa shape index (κ1) is 18.4. The van der Waals surface area contributed by atoms with Crippen LogP contribution in [0.2, 0.25) is 5.02 Å². The predicted octanol–water partition coefficient (Wildman–Crippen LogP) is 1.92. The molecule has 2 heterocycles. The summed E-state index contributed by atoms with van der Waals surface area (Å²) < 4.78 is 27.8. The molecule has 0 spiro atoms. The number of nitrogens with zero attached hydrogens (tertiary/aromatic N) is 3. The molecular formula is C17H17ClN4O3S. The van der Waals surface area contributed by atoms with Gasteiger partial charge in [-0.3, -0.25) is 4.79 Å². The summed E-state index contributed by atoms with van der Waals surface area (Å²) in [5, 5.41) is 3.12. The minimum absolute atomic E-state index is 0.0811. The van der Waals surface area contributed by atoms with Crippen LogP contribution in [0.3, 0.4) is 0 Å². The molecule has 0 saturated heterocycles. The van der Waals surface area contributed by atoms with Crippen LogP contribution in [0.25, 0.3) is 5.65 Å². The largest absolute Gasteiger partial charge is 0.349 e. The quantitative estimate of drug-likeness (QED) is 0.694. The van der Waals surface area contributed by atoms with Crippen LogP contribution in [0.1, 0.15) is 5.69 Å². The summed E-state index contributed by atoms with van der Waals surface area (Å²) in [7, 11) is -2.40. The zero-order valence-corrected chi connectivity index (χ0v) is 15.5. The second kappa shape index (κ2) is 7.45. The van der Waals surface area contributed by atoms with Crippen LogP contribution < -0.4 is 5.32 Å².